The highest BCUT2D eigenvalue weighted by Crippen LogP contribution is 2.39. The molecule has 2 nitrogen and oxygen atoms in total. The Labute approximate surface area is 126 Å². The van der Waals surface area contributed by atoms with Gasteiger partial charge in [-0.25, -0.2) is 0 Å². The van der Waals surface area contributed by atoms with Crippen LogP contribution < -0.4 is 10.4 Å². The van der Waals surface area contributed by atoms with Gasteiger partial charge in [-0.3, -0.25) is 0 Å². The normalized spacial score (nSPS) is 12.7. The van der Waals surface area contributed by atoms with E-state index >= 15 is 0 Å². The predicted molar refractivity (Wildman–Crippen MR) is 87.0 cm³/mol. The molecule has 0 aromatic heterocycles. The highest BCUT2D eigenvalue weighted by Gasteiger charge is 2.21. The van der Waals surface area contributed by atoms with Gasteiger partial charge in [0.1, 0.15) is 0 Å². The van der Waals surface area contributed by atoms with Gasteiger partial charge in [-0.15, -0.1) is 0 Å². The summed E-state index contributed by atoms with van der Waals surface area (Å²) in [7, 11) is 0. The van der Waals surface area contributed by atoms with Crippen LogP contribution in [-0.4, -0.2) is 10.2 Å². The van der Waals surface area contributed by atoms with Crippen LogP contribution in [0.3, 0.4) is 0 Å². The first-order valence-electron chi connectivity index (χ1n) is 7.25. The van der Waals surface area contributed by atoms with Crippen molar-refractivity contribution in [2.75, 3.05) is 0 Å². The van der Waals surface area contributed by atoms with Crippen molar-refractivity contribution < 1.29 is 10.2 Å². The average molecular weight is 284 g/mol. The van der Waals surface area contributed by atoms with Crippen molar-refractivity contribution >= 4 is 12.2 Å². The number of aromatic hydroxyl groups is 2. The van der Waals surface area contributed by atoms with Crippen molar-refractivity contribution in [3.05, 3.63) is 70.1 Å². The number of phenols is 2. The molecule has 2 aliphatic rings. The van der Waals surface area contributed by atoms with Crippen LogP contribution in [0, 0.1) is 0 Å². The molecule has 3 aromatic rings. The Kier molecular flexibility index (Phi) is 2.01. The van der Waals surface area contributed by atoms with E-state index in [0.717, 1.165) is 16.3 Å². The van der Waals surface area contributed by atoms with Crippen molar-refractivity contribution in [2.45, 2.75) is 0 Å². The van der Waals surface area contributed by atoms with Crippen molar-refractivity contribution in [3.63, 3.8) is 0 Å². The van der Waals surface area contributed by atoms with Crippen LogP contribution in [0.25, 0.3) is 34.4 Å². The fourth-order valence-electron chi connectivity index (χ4n) is 3.56. The molecule has 2 heteroatoms. The third-order valence-electron chi connectivity index (χ3n) is 4.61. The molecule has 0 saturated carbocycles. The van der Waals surface area contributed by atoms with E-state index in [2.05, 4.69) is 36.4 Å². The minimum absolute atomic E-state index is 0.0436. The Morgan fingerprint density at radius 1 is 0.591 bits per heavy atom. The molecule has 5 rings (SSSR count). The van der Waals surface area contributed by atoms with E-state index in [1.807, 2.05) is 18.2 Å². The van der Waals surface area contributed by atoms with Gasteiger partial charge in [0, 0.05) is 5.56 Å². The molecule has 2 N–H and O–H groups in total. The van der Waals surface area contributed by atoms with E-state index in [-0.39, 0.29) is 11.5 Å². The van der Waals surface area contributed by atoms with E-state index in [1.54, 1.807) is 6.07 Å². The Morgan fingerprint density at radius 3 is 2.14 bits per heavy atom. The molecule has 104 valence electrons. The number of benzene rings is 3. The van der Waals surface area contributed by atoms with E-state index in [0.29, 0.717) is 5.56 Å². The van der Waals surface area contributed by atoms with Crippen molar-refractivity contribution in [2.24, 2.45) is 0 Å². The van der Waals surface area contributed by atoms with Gasteiger partial charge in [0.25, 0.3) is 0 Å². The molecular formula is C20H12O2. The maximum atomic E-state index is 10.1. The molecule has 0 saturated heterocycles. The lowest BCUT2D eigenvalue weighted by molar-refractivity contribution is 0.403. The lowest BCUT2D eigenvalue weighted by Gasteiger charge is -2.05. The van der Waals surface area contributed by atoms with Crippen molar-refractivity contribution in [1.82, 2.24) is 0 Å². The van der Waals surface area contributed by atoms with Crippen molar-refractivity contribution in [3.8, 4) is 33.8 Å². The molecular weight excluding hydrogens is 272 g/mol. The number of rotatable bonds is 0. The average Bonchev–Trinajstić information content (AvgIpc) is 3.09. The second-order valence-corrected chi connectivity index (χ2v) is 5.76. The van der Waals surface area contributed by atoms with Gasteiger partial charge in [0.2, 0.25) is 0 Å². The maximum Gasteiger partial charge on any atom is 0.165 e. The van der Waals surface area contributed by atoms with Crippen LogP contribution in [-0.2, 0) is 0 Å². The summed E-state index contributed by atoms with van der Waals surface area (Å²) in [6.45, 7) is 0. The van der Waals surface area contributed by atoms with Gasteiger partial charge < -0.3 is 10.2 Å². The van der Waals surface area contributed by atoms with E-state index in [9.17, 15) is 10.2 Å². The molecule has 0 fully saturated rings. The fraction of sp³-hybridized carbons (Fsp3) is 0. The van der Waals surface area contributed by atoms with E-state index < -0.39 is 0 Å². The first-order chi connectivity index (χ1) is 10.7. The van der Waals surface area contributed by atoms with Crippen LogP contribution in [0.2, 0.25) is 0 Å². The molecule has 0 spiro atoms. The number of hydrogen-bond acceptors (Lipinski definition) is 2. The van der Waals surface area contributed by atoms with Crippen LogP contribution >= 0.6 is 0 Å². The molecule has 0 unspecified atom stereocenters. The van der Waals surface area contributed by atoms with Gasteiger partial charge in [-0.2, -0.15) is 0 Å². The lowest BCUT2D eigenvalue weighted by atomic mass is 10.00. The first kappa shape index (κ1) is 11.6. The Balaban J connectivity index is 1.91. The third-order valence-corrected chi connectivity index (χ3v) is 4.61. The quantitative estimate of drug-likeness (QED) is 0.429. The smallest absolute Gasteiger partial charge is 0.165 e. The summed E-state index contributed by atoms with van der Waals surface area (Å²) in [4.78, 5) is 0. The van der Waals surface area contributed by atoms with E-state index in [4.69, 9.17) is 0 Å². The zero-order valence-electron chi connectivity index (χ0n) is 11.7. The highest BCUT2D eigenvalue weighted by molar-refractivity contribution is 5.91. The van der Waals surface area contributed by atoms with Crippen molar-refractivity contribution in [1.29, 1.82) is 0 Å². The second-order valence-electron chi connectivity index (χ2n) is 5.76. The van der Waals surface area contributed by atoms with Crippen LogP contribution in [0.15, 0.2) is 48.5 Å². The van der Waals surface area contributed by atoms with Gasteiger partial charge in [-0.1, -0.05) is 36.4 Å². The zero-order chi connectivity index (χ0) is 14.8. The molecule has 0 heterocycles. The summed E-state index contributed by atoms with van der Waals surface area (Å²) in [6.07, 6.45) is 4.17. The summed E-state index contributed by atoms with van der Waals surface area (Å²) in [5, 5.41) is 22.1. The minimum atomic E-state index is -0.0771. The number of fused-ring (bicyclic) bond motifs is 7. The zero-order valence-corrected chi connectivity index (χ0v) is 11.7. The lowest BCUT2D eigenvalue weighted by Crippen LogP contribution is -2.25. The molecule has 2 aliphatic carbocycles. The summed E-state index contributed by atoms with van der Waals surface area (Å²) in [5.41, 5.74) is 6.47. The summed E-state index contributed by atoms with van der Waals surface area (Å²) >= 11 is 0. The molecule has 0 radical (unpaired) electrons. The molecule has 0 bridgehead atoms. The number of hydrogen-bond donors (Lipinski definition) is 2. The first-order valence-corrected chi connectivity index (χ1v) is 7.25. The highest BCUT2D eigenvalue weighted by atomic mass is 16.3. The molecule has 0 amide bonds. The monoisotopic (exact) mass is 284 g/mol. The summed E-state index contributed by atoms with van der Waals surface area (Å²) < 4.78 is 0. The third kappa shape index (κ3) is 1.29. The van der Waals surface area contributed by atoms with Gasteiger partial charge >= 0.3 is 0 Å². The van der Waals surface area contributed by atoms with Gasteiger partial charge in [0.05, 0.1) is 0 Å². The fourth-order valence-corrected chi connectivity index (χ4v) is 3.56. The van der Waals surface area contributed by atoms with Crippen LogP contribution in [0.1, 0.15) is 11.1 Å². The summed E-state index contributed by atoms with van der Waals surface area (Å²) in [5.74, 6) is -0.121. The minimum Gasteiger partial charge on any atom is -0.504 e. The maximum absolute atomic E-state index is 10.1. The topological polar surface area (TPSA) is 40.5 Å². The van der Waals surface area contributed by atoms with Gasteiger partial charge in [0.15, 0.2) is 11.5 Å². The van der Waals surface area contributed by atoms with Gasteiger partial charge in [-0.05, 0) is 62.5 Å². The Hall–Kier alpha value is -3.00. The number of phenolic OH excluding ortho intramolecular Hbond substituents is 2. The Morgan fingerprint density at radius 2 is 1.27 bits per heavy atom. The molecule has 0 aliphatic heterocycles. The Bertz CT molecular complexity index is 1090. The largest absolute Gasteiger partial charge is 0.504 e. The second kappa shape index (κ2) is 3.80. The molecule has 3 aromatic carbocycles. The van der Waals surface area contributed by atoms with Crippen LogP contribution in [0.5, 0.6) is 11.5 Å². The van der Waals surface area contributed by atoms with Crippen LogP contribution in [0.4, 0.5) is 0 Å². The molecule has 22 heavy (non-hydrogen) atoms. The van der Waals surface area contributed by atoms with E-state index in [1.165, 1.54) is 21.9 Å². The summed E-state index contributed by atoms with van der Waals surface area (Å²) in [6, 6.07) is 16.0. The predicted octanol–water partition coefficient (Wildman–Crippen LogP) is 2.72. The SMILES string of the molecule is Oc1ccc2c(c1O)C=c1c-2ccc2c1=Cc1ccccc1-2. The molecule has 0 atom stereocenters. The standard InChI is InChI=1S/C20H12O2/c21-19-8-7-15-14-6-5-13-12-4-2-1-3-11(12)9-16(13)17(14)10-18(15)20(19)22/h1-10,21-22H.